The van der Waals surface area contributed by atoms with Gasteiger partial charge in [0.1, 0.15) is 0 Å². The van der Waals surface area contributed by atoms with Crippen molar-refractivity contribution in [2.24, 2.45) is 5.84 Å². The van der Waals surface area contributed by atoms with Crippen molar-refractivity contribution < 1.29 is 4.79 Å². The Hall–Kier alpha value is -2.75. The molecule has 3 nitrogen and oxygen atoms in total. The van der Waals surface area contributed by atoms with Crippen molar-refractivity contribution in [2.45, 2.75) is 0 Å². The van der Waals surface area contributed by atoms with Crippen molar-refractivity contribution in [2.75, 3.05) is 0 Å². The highest BCUT2D eigenvalue weighted by atomic mass is 16.2. The van der Waals surface area contributed by atoms with Crippen LogP contribution in [0.25, 0.3) is 0 Å². The van der Waals surface area contributed by atoms with E-state index < -0.39 is 0 Å². The molecule has 0 radical (unpaired) electrons. The molecule has 0 saturated heterocycles. The molecule has 3 aromatic rings. The van der Waals surface area contributed by atoms with Crippen molar-refractivity contribution >= 4 is 17.3 Å². The second kappa shape index (κ2) is 5.93. The molecule has 0 atom stereocenters. The van der Waals surface area contributed by atoms with E-state index in [1.54, 1.807) is 12.1 Å². The molecule has 0 saturated carbocycles. The average Bonchev–Trinajstić information content (AvgIpc) is 2.62. The molecule has 0 unspecified atom stereocenters. The second-order valence-corrected chi connectivity index (χ2v) is 5.06. The highest BCUT2D eigenvalue weighted by Gasteiger charge is 2.39. The molecule has 0 bridgehead atoms. The molecule has 1 amide bonds. The zero-order valence-corrected chi connectivity index (χ0v) is 12.1. The van der Waals surface area contributed by atoms with E-state index in [0.29, 0.717) is 5.56 Å². The Morgan fingerprint density at radius 3 is 1.41 bits per heavy atom. The maximum atomic E-state index is 13.1. The summed E-state index contributed by atoms with van der Waals surface area (Å²) in [7, 11) is 0. The van der Waals surface area contributed by atoms with Crippen LogP contribution in [0.2, 0.25) is 0 Å². The lowest BCUT2D eigenvalue weighted by atomic mass is 10.1. The maximum Gasteiger partial charge on any atom is 0.375 e. The zero-order chi connectivity index (χ0) is 15.4. The van der Waals surface area contributed by atoms with Gasteiger partial charge in [-0.3, -0.25) is 0 Å². The largest absolute Gasteiger partial charge is 0.375 e. The van der Waals surface area contributed by atoms with Gasteiger partial charge in [0.15, 0.2) is 11.4 Å². The van der Waals surface area contributed by atoms with Gasteiger partial charge >= 0.3 is 5.91 Å². The first-order valence-electron chi connectivity index (χ1n) is 7.12. The van der Waals surface area contributed by atoms with Crippen LogP contribution >= 0.6 is 0 Å². The molecular weight excluding hydrogens is 272 g/mol. The van der Waals surface area contributed by atoms with E-state index >= 15 is 0 Å². The summed E-state index contributed by atoms with van der Waals surface area (Å²) >= 11 is 0. The van der Waals surface area contributed by atoms with E-state index in [0.717, 1.165) is 11.4 Å². The number of benzene rings is 3. The second-order valence-electron chi connectivity index (χ2n) is 5.06. The van der Waals surface area contributed by atoms with E-state index in [-0.39, 0.29) is 10.5 Å². The molecule has 3 heteroatoms. The van der Waals surface area contributed by atoms with Gasteiger partial charge in [-0.15, -0.1) is 4.59 Å². The van der Waals surface area contributed by atoms with Gasteiger partial charge in [0.2, 0.25) is 0 Å². The third kappa shape index (κ3) is 2.44. The van der Waals surface area contributed by atoms with E-state index in [1.807, 2.05) is 78.9 Å². The predicted molar refractivity (Wildman–Crippen MR) is 89.3 cm³/mol. The Labute approximate surface area is 129 Å². The van der Waals surface area contributed by atoms with E-state index in [1.165, 1.54) is 0 Å². The van der Waals surface area contributed by atoms with Crippen molar-refractivity contribution in [1.82, 2.24) is 4.59 Å². The fourth-order valence-corrected chi connectivity index (χ4v) is 2.49. The molecule has 22 heavy (non-hydrogen) atoms. The minimum absolute atomic E-state index is 0.169. The lowest BCUT2D eigenvalue weighted by Gasteiger charge is -2.29. The van der Waals surface area contributed by atoms with Gasteiger partial charge in [-0.25, -0.2) is 4.79 Å². The molecule has 0 spiro atoms. The molecule has 0 aliphatic carbocycles. The van der Waals surface area contributed by atoms with Gasteiger partial charge in [0.25, 0.3) is 0 Å². The summed E-state index contributed by atoms with van der Waals surface area (Å²) in [5.74, 6) is 6.44. The van der Waals surface area contributed by atoms with E-state index in [2.05, 4.69) is 0 Å². The van der Waals surface area contributed by atoms with Crippen molar-refractivity contribution in [3.8, 4) is 0 Å². The van der Waals surface area contributed by atoms with Crippen LogP contribution in [0, 0.1) is 0 Å². The number of quaternary nitrogens is 1. The summed E-state index contributed by atoms with van der Waals surface area (Å²) in [6.07, 6.45) is 0. The van der Waals surface area contributed by atoms with Gasteiger partial charge in [-0.05, 0) is 12.1 Å². The number of nitrogens with zero attached hydrogens (tertiary/aromatic N) is 1. The Bertz CT molecular complexity index is 716. The summed E-state index contributed by atoms with van der Waals surface area (Å²) in [5.41, 5.74) is 2.03. The number of carbonyl (C=O) groups excluding carboxylic acids is 1. The van der Waals surface area contributed by atoms with Crippen LogP contribution in [-0.4, -0.2) is 5.91 Å². The van der Waals surface area contributed by atoms with Crippen LogP contribution in [0.4, 0.5) is 11.4 Å². The highest BCUT2D eigenvalue weighted by molar-refractivity contribution is 6.05. The van der Waals surface area contributed by atoms with E-state index in [9.17, 15) is 4.79 Å². The normalized spacial score (nSPS) is 11.1. The maximum absolute atomic E-state index is 13.1. The Morgan fingerprint density at radius 2 is 1.00 bits per heavy atom. The number of amides is 1. The first-order chi connectivity index (χ1) is 10.7. The molecule has 0 fully saturated rings. The molecular formula is C19H17N2O+. The smallest absolute Gasteiger partial charge is 0.222 e. The van der Waals surface area contributed by atoms with Crippen molar-refractivity contribution in [1.29, 1.82) is 0 Å². The molecule has 0 heterocycles. The predicted octanol–water partition coefficient (Wildman–Crippen LogP) is 4.04. The van der Waals surface area contributed by atoms with Crippen LogP contribution in [0.3, 0.4) is 0 Å². The fraction of sp³-hybridized carbons (Fsp3) is 0. The SMILES string of the molecule is N[N+](C(=O)c1ccccc1)(c1ccccc1)c1ccccc1. The molecule has 108 valence electrons. The average molecular weight is 289 g/mol. The Morgan fingerprint density at radius 1 is 0.636 bits per heavy atom. The summed E-state index contributed by atoms with van der Waals surface area (Å²) in [6, 6.07) is 28.0. The lowest BCUT2D eigenvalue weighted by Crippen LogP contribution is -2.56. The molecule has 3 rings (SSSR count). The van der Waals surface area contributed by atoms with Crippen LogP contribution in [-0.2, 0) is 0 Å². The quantitative estimate of drug-likeness (QED) is 0.342. The van der Waals surface area contributed by atoms with Crippen molar-refractivity contribution in [3.63, 3.8) is 0 Å². The number of para-hydroxylation sites is 2. The monoisotopic (exact) mass is 289 g/mol. The molecule has 2 N–H and O–H groups in total. The van der Waals surface area contributed by atoms with Gasteiger partial charge in [0, 0.05) is 24.3 Å². The Balaban J connectivity index is 2.18. The van der Waals surface area contributed by atoms with Gasteiger partial charge in [0.05, 0.1) is 5.56 Å². The van der Waals surface area contributed by atoms with Gasteiger partial charge in [-0.1, -0.05) is 54.6 Å². The number of hydrogen-bond acceptors (Lipinski definition) is 2. The van der Waals surface area contributed by atoms with Crippen LogP contribution in [0.15, 0.2) is 91.0 Å². The third-order valence-corrected chi connectivity index (χ3v) is 3.67. The number of nitrogens with two attached hydrogens (primary N) is 1. The van der Waals surface area contributed by atoms with E-state index in [4.69, 9.17) is 5.84 Å². The summed E-state index contributed by atoms with van der Waals surface area (Å²) in [4.78, 5) is 13.1. The minimum atomic E-state index is -0.383. The highest BCUT2D eigenvalue weighted by Crippen LogP contribution is 2.32. The standard InChI is InChI=1S/C19H17N2O/c20-21(17-12-6-2-7-13-17,18-14-8-3-9-15-18)19(22)16-10-4-1-5-11-16/h1-15H,20H2/q+1. The number of hydrogen-bond donors (Lipinski definition) is 1. The first kappa shape index (κ1) is 14.2. The third-order valence-electron chi connectivity index (χ3n) is 3.67. The summed E-state index contributed by atoms with van der Waals surface area (Å²) in [6.45, 7) is 0. The van der Waals surface area contributed by atoms with Crippen LogP contribution < -0.4 is 10.4 Å². The first-order valence-corrected chi connectivity index (χ1v) is 7.12. The molecule has 0 aliphatic heterocycles. The zero-order valence-electron chi connectivity index (χ0n) is 12.1. The molecule has 0 aromatic heterocycles. The summed E-state index contributed by atoms with van der Waals surface area (Å²) in [5, 5.41) is 0. The molecule has 0 aliphatic rings. The van der Waals surface area contributed by atoms with Crippen LogP contribution in [0.1, 0.15) is 10.4 Å². The summed E-state index contributed by atoms with van der Waals surface area (Å²) < 4.78 is -0.383. The van der Waals surface area contributed by atoms with Crippen LogP contribution in [0.5, 0.6) is 0 Å². The number of rotatable bonds is 3. The topological polar surface area (TPSA) is 43.1 Å². The lowest BCUT2D eigenvalue weighted by molar-refractivity contribution is 0.0835. The molecule has 3 aromatic carbocycles. The fourth-order valence-electron chi connectivity index (χ4n) is 2.49. The van der Waals surface area contributed by atoms with Gasteiger partial charge in [-0.2, -0.15) is 5.84 Å². The number of carbonyl (C=O) groups is 1. The van der Waals surface area contributed by atoms with Crippen molar-refractivity contribution in [3.05, 3.63) is 96.6 Å². The Kier molecular flexibility index (Phi) is 3.83. The van der Waals surface area contributed by atoms with Gasteiger partial charge < -0.3 is 0 Å². The minimum Gasteiger partial charge on any atom is -0.222 e.